The van der Waals surface area contributed by atoms with Crippen molar-refractivity contribution in [1.29, 1.82) is 0 Å². The van der Waals surface area contributed by atoms with Gasteiger partial charge in [-0.3, -0.25) is 24.0 Å². The molecule has 4 amide bonds. The largest absolute Gasteiger partial charge is 0.356 e. The molecule has 0 spiro atoms. The van der Waals surface area contributed by atoms with Crippen LogP contribution < -0.4 is 21.3 Å². The molecule has 2 aromatic carbocycles. The van der Waals surface area contributed by atoms with Crippen LogP contribution >= 0.6 is 15.9 Å². The number of imidazole rings is 1. The zero-order chi connectivity index (χ0) is 31.8. The SMILES string of the molecule is O=C(NCc1ccccc1)C(=O)[C@H](C[C@@H]1CCCNC1=O)NC(=O)[C@H](Cc1ccccc1)NC(=O)c1cn2cc(Br)ccc2n1. The number of carbonyl (C=O) groups is 5. The van der Waals surface area contributed by atoms with Crippen LogP contribution in [-0.2, 0) is 32.1 Å². The number of benzene rings is 2. The Kier molecular flexibility index (Phi) is 10.4. The quantitative estimate of drug-likeness (QED) is 0.170. The molecule has 11 nitrogen and oxygen atoms in total. The average Bonchev–Trinajstić information content (AvgIpc) is 3.48. The monoisotopic (exact) mass is 672 g/mol. The third-order valence-corrected chi connectivity index (χ3v) is 8.09. The maximum Gasteiger partial charge on any atom is 0.289 e. The van der Waals surface area contributed by atoms with Crippen molar-refractivity contribution in [2.45, 2.75) is 44.3 Å². The second-order valence-corrected chi connectivity index (χ2v) is 11.8. The zero-order valence-electron chi connectivity index (χ0n) is 24.4. The third-order valence-electron chi connectivity index (χ3n) is 7.62. The number of carbonyl (C=O) groups excluding carboxylic acids is 5. The van der Waals surface area contributed by atoms with Gasteiger partial charge in [0.2, 0.25) is 17.6 Å². The van der Waals surface area contributed by atoms with E-state index in [2.05, 4.69) is 42.2 Å². The molecule has 4 N–H and O–H groups in total. The summed E-state index contributed by atoms with van der Waals surface area (Å²) in [6.45, 7) is 0.654. The van der Waals surface area contributed by atoms with Crippen LogP contribution in [0.4, 0.5) is 0 Å². The minimum Gasteiger partial charge on any atom is -0.356 e. The highest BCUT2D eigenvalue weighted by molar-refractivity contribution is 9.10. The molecule has 232 valence electrons. The van der Waals surface area contributed by atoms with E-state index in [1.54, 1.807) is 28.9 Å². The predicted octanol–water partition coefficient (Wildman–Crippen LogP) is 2.72. The molecule has 0 aliphatic carbocycles. The lowest BCUT2D eigenvalue weighted by atomic mass is 9.89. The van der Waals surface area contributed by atoms with Gasteiger partial charge in [0.25, 0.3) is 11.8 Å². The summed E-state index contributed by atoms with van der Waals surface area (Å²) in [4.78, 5) is 70.6. The fourth-order valence-corrected chi connectivity index (χ4v) is 5.59. The number of halogens is 1. The predicted molar refractivity (Wildman–Crippen MR) is 170 cm³/mol. The molecule has 3 heterocycles. The van der Waals surface area contributed by atoms with E-state index in [-0.39, 0.29) is 31.0 Å². The van der Waals surface area contributed by atoms with E-state index in [1.807, 2.05) is 60.7 Å². The standard InChI is InChI=1S/C33H33BrN6O5/c34-24-13-14-28-37-27(20-40(28)19-24)32(44)39-26(16-21-8-3-1-4-9-21)31(43)38-25(17-23-12-7-15-35-30(23)42)29(41)33(45)36-18-22-10-5-2-6-11-22/h1-6,8-11,13-14,19-20,23,25-26H,7,12,15-18H2,(H,35,42)(H,36,45)(H,38,43)(H,39,44)/t23-,25-,26-/m0/s1. The number of amides is 4. The third kappa shape index (κ3) is 8.42. The number of nitrogens with one attached hydrogen (secondary N) is 4. The molecule has 2 aromatic heterocycles. The molecule has 1 aliphatic heterocycles. The number of ketones is 1. The van der Waals surface area contributed by atoms with E-state index in [4.69, 9.17) is 0 Å². The van der Waals surface area contributed by atoms with E-state index < -0.39 is 41.5 Å². The van der Waals surface area contributed by atoms with Crippen molar-refractivity contribution in [3.8, 4) is 0 Å². The Morgan fingerprint density at radius 3 is 2.33 bits per heavy atom. The summed E-state index contributed by atoms with van der Waals surface area (Å²) in [6.07, 6.45) is 4.61. The van der Waals surface area contributed by atoms with Crippen molar-refractivity contribution in [3.05, 3.63) is 106 Å². The first kappa shape index (κ1) is 31.6. The normalized spacial score (nSPS) is 15.8. The molecule has 0 unspecified atom stereocenters. The molecular formula is C33H33BrN6O5. The van der Waals surface area contributed by atoms with E-state index in [9.17, 15) is 24.0 Å². The van der Waals surface area contributed by atoms with Crippen molar-refractivity contribution in [2.75, 3.05) is 6.54 Å². The Bertz CT molecular complexity index is 1690. The van der Waals surface area contributed by atoms with Gasteiger partial charge in [-0.15, -0.1) is 0 Å². The van der Waals surface area contributed by atoms with Crippen LogP contribution in [0.15, 0.2) is 89.7 Å². The summed E-state index contributed by atoms with van der Waals surface area (Å²) in [7, 11) is 0. The molecule has 1 fully saturated rings. The number of aromatic nitrogens is 2. The number of Topliss-reactive ketones (excluding diaryl/α,β-unsaturated/α-hetero) is 1. The fourth-order valence-electron chi connectivity index (χ4n) is 5.24. The molecule has 0 radical (unpaired) electrons. The maximum absolute atomic E-state index is 13.8. The Balaban J connectivity index is 1.36. The van der Waals surface area contributed by atoms with Crippen LogP contribution in [0.5, 0.6) is 0 Å². The van der Waals surface area contributed by atoms with Gasteiger partial charge in [0, 0.05) is 42.3 Å². The Morgan fingerprint density at radius 2 is 1.62 bits per heavy atom. The smallest absolute Gasteiger partial charge is 0.289 e. The summed E-state index contributed by atoms with van der Waals surface area (Å²) < 4.78 is 2.49. The first-order valence-electron chi connectivity index (χ1n) is 14.7. The highest BCUT2D eigenvalue weighted by Crippen LogP contribution is 2.19. The molecule has 4 aromatic rings. The molecule has 12 heteroatoms. The van der Waals surface area contributed by atoms with E-state index >= 15 is 0 Å². The van der Waals surface area contributed by atoms with Gasteiger partial charge in [-0.2, -0.15) is 0 Å². The van der Waals surface area contributed by atoms with E-state index in [0.717, 1.165) is 15.6 Å². The van der Waals surface area contributed by atoms with Crippen molar-refractivity contribution in [2.24, 2.45) is 5.92 Å². The lowest BCUT2D eigenvalue weighted by Gasteiger charge is -2.27. The minimum atomic E-state index is -1.29. The Labute approximate surface area is 268 Å². The molecule has 3 atom stereocenters. The van der Waals surface area contributed by atoms with Crippen LogP contribution in [0.2, 0.25) is 0 Å². The summed E-state index contributed by atoms with van der Waals surface area (Å²) in [6, 6.07) is 19.4. The van der Waals surface area contributed by atoms with Crippen molar-refractivity contribution in [1.82, 2.24) is 30.7 Å². The van der Waals surface area contributed by atoms with Gasteiger partial charge < -0.3 is 25.7 Å². The molecule has 0 saturated carbocycles. The second-order valence-electron chi connectivity index (χ2n) is 10.9. The zero-order valence-corrected chi connectivity index (χ0v) is 26.0. The minimum absolute atomic E-state index is 0.0531. The number of fused-ring (bicyclic) bond motifs is 1. The van der Waals surface area contributed by atoms with Crippen LogP contribution in [0.1, 0.15) is 40.9 Å². The highest BCUT2D eigenvalue weighted by Gasteiger charge is 2.35. The lowest BCUT2D eigenvalue weighted by molar-refractivity contribution is -0.141. The maximum atomic E-state index is 13.8. The number of hydrogen-bond donors (Lipinski definition) is 4. The number of rotatable bonds is 12. The lowest BCUT2D eigenvalue weighted by Crippen LogP contribution is -2.55. The molecule has 1 saturated heterocycles. The summed E-state index contributed by atoms with van der Waals surface area (Å²) in [5, 5.41) is 10.9. The topological polar surface area (TPSA) is 151 Å². The van der Waals surface area contributed by atoms with Crippen LogP contribution in [0, 0.1) is 5.92 Å². The molecular weight excluding hydrogens is 640 g/mol. The van der Waals surface area contributed by atoms with Gasteiger partial charge in [-0.05, 0) is 58.5 Å². The van der Waals surface area contributed by atoms with Crippen molar-refractivity contribution < 1.29 is 24.0 Å². The van der Waals surface area contributed by atoms with Crippen molar-refractivity contribution >= 4 is 51.0 Å². The molecule has 45 heavy (non-hydrogen) atoms. The second kappa shape index (κ2) is 14.8. The van der Waals surface area contributed by atoms with E-state index in [0.29, 0.717) is 25.0 Å². The fraction of sp³-hybridized carbons (Fsp3) is 0.273. The van der Waals surface area contributed by atoms with Gasteiger partial charge >= 0.3 is 0 Å². The van der Waals surface area contributed by atoms with Crippen LogP contribution in [0.25, 0.3) is 5.65 Å². The number of piperidine rings is 1. The summed E-state index contributed by atoms with van der Waals surface area (Å²) in [5.41, 5.74) is 2.22. The van der Waals surface area contributed by atoms with E-state index in [1.165, 1.54) is 0 Å². The van der Waals surface area contributed by atoms with Crippen LogP contribution in [0.3, 0.4) is 0 Å². The van der Waals surface area contributed by atoms with Gasteiger partial charge in [-0.25, -0.2) is 4.98 Å². The number of pyridine rings is 1. The molecule has 0 bridgehead atoms. The van der Waals surface area contributed by atoms with Crippen molar-refractivity contribution in [3.63, 3.8) is 0 Å². The first-order chi connectivity index (χ1) is 21.8. The average molecular weight is 674 g/mol. The number of hydrogen-bond acceptors (Lipinski definition) is 6. The van der Waals surface area contributed by atoms with Crippen LogP contribution in [-0.4, -0.2) is 57.4 Å². The summed E-state index contributed by atoms with van der Waals surface area (Å²) >= 11 is 3.40. The molecule has 1 aliphatic rings. The van der Waals surface area contributed by atoms with Gasteiger partial charge in [-0.1, -0.05) is 60.7 Å². The van der Waals surface area contributed by atoms with Gasteiger partial charge in [0.05, 0.1) is 6.04 Å². The Hall–Kier alpha value is -4.84. The highest BCUT2D eigenvalue weighted by atomic mass is 79.9. The first-order valence-corrected chi connectivity index (χ1v) is 15.5. The number of nitrogens with zero attached hydrogens (tertiary/aromatic N) is 2. The molecule has 5 rings (SSSR count). The Morgan fingerprint density at radius 1 is 0.911 bits per heavy atom. The summed E-state index contributed by atoms with van der Waals surface area (Å²) in [5.74, 6) is -3.78. The van der Waals surface area contributed by atoms with Gasteiger partial charge in [0.1, 0.15) is 17.4 Å². The van der Waals surface area contributed by atoms with Gasteiger partial charge in [0.15, 0.2) is 0 Å².